The molecule has 0 aromatic carbocycles. The Bertz CT molecular complexity index is 255. The van der Waals surface area contributed by atoms with E-state index in [1.54, 1.807) is 0 Å². The van der Waals surface area contributed by atoms with Gasteiger partial charge in [0.25, 0.3) is 0 Å². The summed E-state index contributed by atoms with van der Waals surface area (Å²) >= 11 is 0. The highest BCUT2D eigenvalue weighted by atomic mass is 16.6. The number of carbonyl (C=O) groups excluding carboxylic acids is 1. The quantitative estimate of drug-likeness (QED) is 0.707. The van der Waals surface area contributed by atoms with Crippen molar-refractivity contribution < 1.29 is 9.53 Å². The summed E-state index contributed by atoms with van der Waals surface area (Å²) in [5, 5.41) is 3.38. The Morgan fingerprint density at radius 2 is 2.20 bits per heavy atom. The summed E-state index contributed by atoms with van der Waals surface area (Å²) < 4.78 is 5.24. The number of rotatable bonds is 1. The molecule has 3 unspecified atom stereocenters. The van der Waals surface area contributed by atoms with Crippen LogP contribution < -0.4 is 5.32 Å². The van der Waals surface area contributed by atoms with Gasteiger partial charge in [0.15, 0.2) is 0 Å². The van der Waals surface area contributed by atoms with Gasteiger partial charge in [-0.25, -0.2) is 4.79 Å². The molecule has 0 saturated carbocycles. The third kappa shape index (κ3) is 1.95. The Morgan fingerprint density at radius 3 is 2.80 bits per heavy atom. The molecule has 2 rings (SSSR count). The first-order chi connectivity index (χ1) is 7.09. The van der Waals surface area contributed by atoms with Crippen molar-refractivity contribution in [1.29, 1.82) is 0 Å². The van der Waals surface area contributed by atoms with Crippen molar-refractivity contribution in [2.75, 3.05) is 19.6 Å². The van der Waals surface area contributed by atoms with Crippen LogP contribution in [0.15, 0.2) is 0 Å². The molecule has 2 heterocycles. The van der Waals surface area contributed by atoms with Crippen LogP contribution in [0.4, 0.5) is 4.79 Å². The monoisotopic (exact) mass is 212 g/mol. The number of carbonyl (C=O) groups is 1. The minimum absolute atomic E-state index is 0.0248. The van der Waals surface area contributed by atoms with Crippen LogP contribution in [0.2, 0.25) is 0 Å². The van der Waals surface area contributed by atoms with Gasteiger partial charge >= 0.3 is 6.09 Å². The van der Waals surface area contributed by atoms with Crippen LogP contribution in [0.5, 0.6) is 0 Å². The number of amides is 1. The molecule has 15 heavy (non-hydrogen) atoms. The average Bonchev–Trinajstić information content (AvgIpc) is 2.67. The third-order valence-corrected chi connectivity index (χ3v) is 3.51. The summed E-state index contributed by atoms with van der Waals surface area (Å²) in [7, 11) is 0. The molecule has 3 atom stereocenters. The number of likely N-dealkylation sites (tertiary alicyclic amines) is 1. The van der Waals surface area contributed by atoms with Gasteiger partial charge in [-0.1, -0.05) is 0 Å². The van der Waals surface area contributed by atoms with Crippen LogP contribution in [0.1, 0.15) is 20.8 Å². The van der Waals surface area contributed by atoms with Gasteiger partial charge in [-0.15, -0.1) is 0 Å². The Balaban J connectivity index is 1.97. The number of nitrogens with one attached hydrogen (secondary N) is 1. The van der Waals surface area contributed by atoms with Crippen molar-refractivity contribution in [3.8, 4) is 0 Å². The van der Waals surface area contributed by atoms with Gasteiger partial charge in [-0.05, 0) is 32.6 Å². The lowest BCUT2D eigenvalue weighted by molar-refractivity contribution is 0.0719. The topological polar surface area (TPSA) is 41.6 Å². The van der Waals surface area contributed by atoms with E-state index in [4.69, 9.17) is 4.74 Å². The van der Waals surface area contributed by atoms with E-state index in [1.165, 1.54) is 0 Å². The number of hydrogen-bond acceptors (Lipinski definition) is 3. The fraction of sp³-hybridized carbons (Fsp3) is 0.909. The van der Waals surface area contributed by atoms with Crippen LogP contribution in [0.25, 0.3) is 0 Å². The molecule has 0 bridgehead atoms. The fourth-order valence-electron chi connectivity index (χ4n) is 2.68. The fourth-order valence-corrected chi connectivity index (χ4v) is 2.68. The Kier molecular flexibility index (Phi) is 2.87. The number of hydrogen-bond donors (Lipinski definition) is 1. The van der Waals surface area contributed by atoms with Gasteiger partial charge in [0.2, 0.25) is 0 Å². The lowest BCUT2D eigenvalue weighted by atomic mass is 9.95. The van der Waals surface area contributed by atoms with Gasteiger partial charge in [0.1, 0.15) is 0 Å². The van der Waals surface area contributed by atoms with E-state index in [0.717, 1.165) is 19.6 Å². The molecule has 1 N–H and O–H groups in total. The van der Waals surface area contributed by atoms with Crippen molar-refractivity contribution in [2.24, 2.45) is 11.8 Å². The first kappa shape index (κ1) is 10.7. The normalized spacial score (nSPS) is 34.7. The molecule has 0 aromatic rings. The highest BCUT2D eigenvalue weighted by molar-refractivity contribution is 5.68. The van der Waals surface area contributed by atoms with Crippen LogP contribution in [0.3, 0.4) is 0 Å². The predicted molar refractivity (Wildman–Crippen MR) is 57.6 cm³/mol. The SMILES string of the molecule is CC(C)OC(=O)N1CC2CNCC2C1C. The summed E-state index contributed by atoms with van der Waals surface area (Å²) in [5.41, 5.74) is 0. The second-order valence-electron chi connectivity index (χ2n) is 4.91. The molecule has 2 aliphatic rings. The predicted octanol–water partition coefficient (Wildman–Crippen LogP) is 1.07. The lowest BCUT2D eigenvalue weighted by Crippen LogP contribution is -2.39. The standard InChI is InChI=1S/C11H20N2O2/c1-7(2)15-11(14)13-6-9-4-12-5-10(9)8(13)3/h7-10,12H,4-6H2,1-3H3. The van der Waals surface area contributed by atoms with Gasteiger partial charge in [-0.2, -0.15) is 0 Å². The molecule has 4 heteroatoms. The number of nitrogens with zero attached hydrogens (tertiary/aromatic N) is 1. The van der Waals surface area contributed by atoms with E-state index in [0.29, 0.717) is 17.9 Å². The average molecular weight is 212 g/mol. The van der Waals surface area contributed by atoms with Crippen molar-refractivity contribution >= 4 is 6.09 Å². The van der Waals surface area contributed by atoms with Gasteiger partial charge in [0, 0.05) is 25.7 Å². The summed E-state index contributed by atoms with van der Waals surface area (Å²) in [5.74, 6) is 1.24. The van der Waals surface area contributed by atoms with Crippen molar-refractivity contribution in [3.63, 3.8) is 0 Å². The van der Waals surface area contributed by atoms with Crippen LogP contribution in [0, 0.1) is 11.8 Å². The smallest absolute Gasteiger partial charge is 0.410 e. The molecule has 2 saturated heterocycles. The molecule has 1 amide bonds. The van der Waals surface area contributed by atoms with E-state index in [1.807, 2.05) is 18.7 Å². The third-order valence-electron chi connectivity index (χ3n) is 3.51. The zero-order chi connectivity index (χ0) is 11.0. The largest absolute Gasteiger partial charge is 0.447 e. The number of fused-ring (bicyclic) bond motifs is 1. The first-order valence-corrected chi connectivity index (χ1v) is 5.77. The minimum atomic E-state index is -0.146. The maximum Gasteiger partial charge on any atom is 0.410 e. The van der Waals surface area contributed by atoms with Gasteiger partial charge in [-0.3, -0.25) is 0 Å². The molecule has 4 nitrogen and oxygen atoms in total. The summed E-state index contributed by atoms with van der Waals surface area (Å²) in [6.45, 7) is 8.84. The maximum absolute atomic E-state index is 11.8. The minimum Gasteiger partial charge on any atom is -0.447 e. The van der Waals surface area contributed by atoms with E-state index < -0.39 is 0 Å². The van der Waals surface area contributed by atoms with Crippen LogP contribution >= 0.6 is 0 Å². The summed E-state index contributed by atoms with van der Waals surface area (Å²) in [6.07, 6.45) is -0.171. The molecule has 0 aromatic heterocycles. The van der Waals surface area contributed by atoms with Crippen molar-refractivity contribution in [1.82, 2.24) is 10.2 Å². The van der Waals surface area contributed by atoms with Crippen LogP contribution in [-0.2, 0) is 4.74 Å². The molecule has 0 spiro atoms. The second kappa shape index (κ2) is 4.00. The zero-order valence-corrected chi connectivity index (χ0v) is 9.69. The molecular weight excluding hydrogens is 192 g/mol. The summed E-state index contributed by atoms with van der Waals surface area (Å²) in [6, 6.07) is 0.316. The van der Waals surface area contributed by atoms with E-state index in [2.05, 4.69) is 12.2 Å². The molecule has 0 aliphatic carbocycles. The van der Waals surface area contributed by atoms with E-state index >= 15 is 0 Å². The van der Waals surface area contributed by atoms with Gasteiger partial charge in [0.05, 0.1) is 6.10 Å². The zero-order valence-electron chi connectivity index (χ0n) is 9.69. The highest BCUT2D eigenvalue weighted by Gasteiger charge is 2.44. The Morgan fingerprint density at radius 1 is 1.47 bits per heavy atom. The summed E-state index contributed by atoms with van der Waals surface area (Å²) in [4.78, 5) is 13.7. The number of ether oxygens (including phenoxy) is 1. The Labute approximate surface area is 91.0 Å². The molecule has 86 valence electrons. The maximum atomic E-state index is 11.8. The second-order valence-corrected chi connectivity index (χ2v) is 4.91. The van der Waals surface area contributed by atoms with Crippen LogP contribution in [-0.4, -0.2) is 42.8 Å². The van der Waals surface area contributed by atoms with E-state index in [9.17, 15) is 4.79 Å². The van der Waals surface area contributed by atoms with Crippen molar-refractivity contribution in [3.05, 3.63) is 0 Å². The highest BCUT2D eigenvalue weighted by Crippen LogP contribution is 2.32. The van der Waals surface area contributed by atoms with Gasteiger partial charge < -0.3 is 15.0 Å². The Hall–Kier alpha value is -0.770. The van der Waals surface area contributed by atoms with Crippen molar-refractivity contribution in [2.45, 2.75) is 32.9 Å². The molecular formula is C11H20N2O2. The molecule has 2 aliphatic heterocycles. The molecule has 2 fully saturated rings. The van der Waals surface area contributed by atoms with E-state index in [-0.39, 0.29) is 12.2 Å². The molecule has 0 radical (unpaired) electrons. The lowest BCUT2D eigenvalue weighted by Gasteiger charge is -2.24. The first-order valence-electron chi connectivity index (χ1n) is 5.77.